The smallest absolute Gasteiger partial charge is 0.329 e. The van der Waals surface area contributed by atoms with Crippen LogP contribution in [-0.4, -0.2) is 48.4 Å². The molecule has 3 aromatic rings. The van der Waals surface area contributed by atoms with Crippen molar-refractivity contribution in [2.75, 3.05) is 30.4 Å². The van der Waals surface area contributed by atoms with E-state index in [9.17, 15) is 28.0 Å². The molecule has 0 aliphatic carbocycles. The fraction of sp³-hybridized carbons (Fsp3) is 0.143. The Morgan fingerprint density at radius 2 is 1.73 bits per heavy atom. The van der Waals surface area contributed by atoms with Crippen molar-refractivity contribution in [2.45, 2.75) is 6.92 Å². The molecule has 3 N–H and O–H groups in total. The van der Waals surface area contributed by atoms with Gasteiger partial charge in [0.2, 0.25) is 5.91 Å². The third kappa shape index (κ3) is 7.37. The SMILES string of the molecule is CCOc1cc(/C=C2/NC(=O)N(CC(=O)Nc3ccccc3F)C2=O)cc(Cl)c1OCC(=O)Nc1ccc(F)cc1. The van der Waals surface area contributed by atoms with E-state index >= 15 is 0 Å². The Morgan fingerprint density at radius 1 is 1.00 bits per heavy atom. The lowest BCUT2D eigenvalue weighted by molar-refractivity contribution is -0.127. The zero-order valence-corrected chi connectivity index (χ0v) is 22.3. The number of rotatable bonds is 10. The Balaban J connectivity index is 1.45. The normalized spacial score (nSPS) is 13.7. The largest absolute Gasteiger partial charge is 0.490 e. The zero-order chi connectivity index (χ0) is 29.5. The second kappa shape index (κ2) is 12.9. The molecular weight excluding hydrogens is 562 g/mol. The number of imide groups is 1. The molecule has 1 aliphatic rings. The van der Waals surface area contributed by atoms with E-state index < -0.39 is 48.5 Å². The molecule has 4 rings (SSSR count). The van der Waals surface area contributed by atoms with Crippen LogP contribution in [0.5, 0.6) is 11.5 Å². The molecule has 10 nitrogen and oxygen atoms in total. The number of anilines is 2. The van der Waals surface area contributed by atoms with E-state index in [1.54, 1.807) is 6.92 Å². The van der Waals surface area contributed by atoms with Gasteiger partial charge in [0.15, 0.2) is 18.1 Å². The highest BCUT2D eigenvalue weighted by molar-refractivity contribution is 6.32. The van der Waals surface area contributed by atoms with Crippen molar-refractivity contribution in [2.24, 2.45) is 0 Å². The first-order valence-corrected chi connectivity index (χ1v) is 12.6. The van der Waals surface area contributed by atoms with Gasteiger partial charge in [-0.1, -0.05) is 23.7 Å². The molecule has 1 heterocycles. The van der Waals surface area contributed by atoms with Crippen LogP contribution in [0.4, 0.5) is 25.0 Å². The third-order valence-electron chi connectivity index (χ3n) is 5.53. The first-order valence-electron chi connectivity index (χ1n) is 12.2. The molecule has 1 saturated heterocycles. The minimum Gasteiger partial charge on any atom is -0.490 e. The second-order valence-corrected chi connectivity index (χ2v) is 8.92. The Bertz CT molecular complexity index is 1530. The average molecular weight is 585 g/mol. The summed E-state index contributed by atoms with van der Waals surface area (Å²) in [4.78, 5) is 50.5. The summed E-state index contributed by atoms with van der Waals surface area (Å²) in [5.74, 6) is -2.96. The summed E-state index contributed by atoms with van der Waals surface area (Å²) in [6.45, 7) is 0.855. The maximum atomic E-state index is 13.8. The number of para-hydroxylation sites is 1. The molecule has 0 atom stereocenters. The topological polar surface area (TPSA) is 126 Å². The predicted octanol–water partition coefficient (Wildman–Crippen LogP) is 4.57. The lowest BCUT2D eigenvalue weighted by atomic mass is 10.1. The Labute approximate surface area is 237 Å². The van der Waals surface area contributed by atoms with Crippen molar-refractivity contribution in [3.05, 3.63) is 88.6 Å². The van der Waals surface area contributed by atoms with Crippen molar-refractivity contribution >= 4 is 52.8 Å². The number of carbonyl (C=O) groups is 4. The fourth-order valence-electron chi connectivity index (χ4n) is 3.72. The van der Waals surface area contributed by atoms with Gasteiger partial charge in [0, 0.05) is 5.69 Å². The lowest BCUT2D eigenvalue weighted by Crippen LogP contribution is -2.38. The van der Waals surface area contributed by atoms with Crippen molar-refractivity contribution in [3.63, 3.8) is 0 Å². The number of amides is 5. The van der Waals surface area contributed by atoms with Gasteiger partial charge in [0.25, 0.3) is 11.8 Å². The summed E-state index contributed by atoms with van der Waals surface area (Å²) in [7, 11) is 0. The standard InChI is InChI=1S/C28H23ClF2N4O6/c1-2-40-23-13-16(11-19(29)26(23)41-15-25(37)32-18-9-7-17(30)8-10-18)12-22-27(38)35(28(39)34-22)14-24(36)33-21-6-4-3-5-20(21)31/h3-13H,2,14-15H2,1H3,(H,32,37)(H,33,36)(H,34,39)/b22-12+. The zero-order valence-electron chi connectivity index (χ0n) is 21.5. The highest BCUT2D eigenvalue weighted by Crippen LogP contribution is 2.37. The minimum absolute atomic E-state index is 0.0512. The van der Waals surface area contributed by atoms with Crippen LogP contribution in [0, 0.1) is 11.6 Å². The lowest BCUT2D eigenvalue weighted by Gasteiger charge is -2.15. The number of urea groups is 1. The number of ether oxygens (including phenoxy) is 2. The third-order valence-corrected chi connectivity index (χ3v) is 5.81. The minimum atomic E-state index is -0.840. The van der Waals surface area contributed by atoms with E-state index in [0.717, 1.165) is 6.07 Å². The van der Waals surface area contributed by atoms with Crippen LogP contribution in [0.25, 0.3) is 6.08 Å². The highest BCUT2D eigenvalue weighted by atomic mass is 35.5. The number of hydrogen-bond acceptors (Lipinski definition) is 6. The van der Waals surface area contributed by atoms with Gasteiger partial charge in [-0.15, -0.1) is 0 Å². The Morgan fingerprint density at radius 3 is 2.44 bits per heavy atom. The van der Waals surface area contributed by atoms with Crippen LogP contribution in [0.2, 0.25) is 5.02 Å². The van der Waals surface area contributed by atoms with Crippen LogP contribution < -0.4 is 25.4 Å². The molecule has 0 spiro atoms. The molecule has 41 heavy (non-hydrogen) atoms. The van der Waals surface area contributed by atoms with Crippen LogP contribution in [0.3, 0.4) is 0 Å². The van der Waals surface area contributed by atoms with E-state index in [4.69, 9.17) is 21.1 Å². The molecule has 3 aromatic carbocycles. The van der Waals surface area contributed by atoms with Gasteiger partial charge in [-0.3, -0.25) is 14.4 Å². The molecule has 0 bridgehead atoms. The van der Waals surface area contributed by atoms with Gasteiger partial charge >= 0.3 is 6.03 Å². The van der Waals surface area contributed by atoms with E-state index in [1.165, 1.54) is 60.7 Å². The van der Waals surface area contributed by atoms with Crippen LogP contribution in [0.1, 0.15) is 12.5 Å². The molecule has 1 fully saturated rings. The average Bonchev–Trinajstić information content (AvgIpc) is 3.18. The summed E-state index contributed by atoms with van der Waals surface area (Å²) in [5, 5.41) is 7.31. The van der Waals surface area contributed by atoms with Crippen molar-refractivity contribution < 1.29 is 37.4 Å². The molecule has 0 unspecified atom stereocenters. The van der Waals surface area contributed by atoms with E-state index in [1.807, 2.05) is 0 Å². The molecule has 0 radical (unpaired) electrons. The monoisotopic (exact) mass is 584 g/mol. The summed E-state index contributed by atoms with van der Waals surface area (Å²) >= 11 is 6.40. The van der Waals surface area contributed by atoms with Crippen molar-refractivity contribution in [3.8, 4) is 11.5 Å². The van der Waals surface area contributed by atoms with Crippen LogP contribution in [-0.2, 0) is 14.4 Å². The van der Waals surface area contributed by atoms with Gasteiger partial charge in [-0.2, -0.15) is 0 Å². The van der Waals surface area contributed by atoms with Gasteiger partial charge in [-0.25, -0.2) is 18.5 Å². The Hall–Kier alpha value is -4.97. The molecule has 0 aromatic heterocycles. The maximum absolute atomic E-state index is 13.8. The van der Waals surface area contributed by atoms with Crippen LogP contribution >= 0.6 is 11.6 Å². The quantitative estimate of drug-likeness (QED) is 0.237. The van der Waals surface area contributed by atoms with Crippen molar-refractivity contribution in [1.82, 2.24) is 10.2 Å². The Kier molecular flexibility index (Phi) is 9.15. The summed E-state index contributed by atoms with van der Waals surface area (Å²) in [6.07, 6.45) is 1.33. The van der Waals surface area contributed by atoms with E-state index in [2.05, 4.69) is 16.0 Å². The first kappa shape index (κ1) is 29.0. The number of hydrogen-bond donors (Lipinski definition) is 3. The number of nitrogens with one attached hydrogen (secondary N) is 3. The number of nitrogens with zero attached hydrogens (tertiary/aromatic N) is 1. The van der Waals surface area contributed by atoms with E-state index in [0.29, 0.717) is 16.2 Å². The molecule has 212 valence electrons. The molecule has 1 aliphatic heterocycles. The van der Waals surface area contributed by atoms with Gasteiger partial charge < -0.3 is 25.4 Å². The summed E-state index contributed by atoms with van der Waals surface area (Å²) < 4.78 is 38.1. The second-order valence-electron chi connectivity index (χ2n) is 8.51. The highest BCUT2D eigenvalue weighted by Gasteiger charge is 2.35. The van der Waals surface area contributed by atoms with E-state index in [-0.39, 0.29) is 34.5 Å². The molecule has 13 heteroatoms. The number of benzene rings is 3. The van der Waals surface area contributed by atoms with Crippen LogP contribution in [0.15, 0.2) is 66.4 Å². The number of halogens is 3. The van der Waals surface area contributed by atoms with Gasteiger partial charge in [0.05, 0.1) is 17.3 Å². The maximum Gasteiger partial charge on any atom is 0.329 e. The van der Waals surface area contributed by atoms with Gasteiger partial charge in [-0.05, 0) is 67.1 Å². The fourth-order valence-corrected chi connectivity index (χ4v) is 3.99. The first-order chi connectivity index (χ1) is 19.6. The number of carbonyl (C=O) groups excluding carboxylic acids is 4. The predicted molar refractivity (Wildman–Crippen MR) is 146 cm³/mol. The molecule has 0 saturated carbocycles. The summed E-state index contributed by atoms with van der Waals surface area (Å²) in [5.41, 5.74) is 0.496. The molecule has 5 amide bonds. The summed E-state index contributed by atoms with van der Waals surface area (Å²) in [6, 6.07) is 12.7. The van der Waals surface area contributed by atoms with Gasteiger partial charge in [0.1, 0.15) is 23.9 Å². The van der Waals surface area contributed by atoms with Crippen molar-refractivity contribution in [1.29, 1.82) is 0 Å². The molecular formula is C28H23ClF2N4O6.